The Kier molecular flexibility index (Phi) is 3.31. The summed E-state index contributed by atoms with van der Waals surface area (Å²) in [6.07, 6.45) is 4.01. The molecule has 0 radical (unpaired) electrons. The second kappa shape index (κ2) is 4.97. The number of carbonyl (C=O) groups is 1. The fourth-order valence-electron chi connectivity index (χ4n) is 3.79. The third-order valence-electron chi connectivity index (χ3n) is 4.82. The molecule has 19 heavy (non-hydrogen) atoms. The second-order valence-electron chi connectivity index (χ2n) is 6.22. The minimum absolute atomic E-state index is 0.100. The summed E-state index contributed by atoms with van der Waals surface area (Å²) in [6, 6.07) is 10.5. The Morgan fingerprint density at radius 1 is 1.32 bits per heavy atom. The third-order valence-corrected chi connectivity index (χ3v) is 4.82. The van der Waals surface area contributed by atoms with Crippen molar-refractivity contribution in [2.45, 2.75) is 32.2 Å². The van der Waals surface area contributed by atoms with Crippen LogP contribution in [-0.4, -0.2) is 29.1 Å². The minimum Gasteiger partial charge on any atom is -0.481 e. The van der Waals surface area contributed by atoms with Crippen LogP contribution in [-0.2, 0) is 11.3 Å². The maximum atomic E-state index is 11.1. The van der Waals surface area contributed by atoms with E-state index in [1.807, 2.05) is 6.07 Å². The van der Waals surface area contributed by atoms with Crippen LogP contribution in [0, 0.1) is 11.3 Å². The predicted molar refractivity (Wildman–Crippen MR) is 73.7 cm³/mol. The molecule has 1 saturated heterocycles. The number of hydrogen-bond acceptors (Lipinski definition) is 2. The van der Waals surface area contributed by atoms with E-state index in [1.54, 1.807) is 0 Å². The van der Waals surface area contributed by atoms with E-state index in [0.717, 1.165) is 38.9 Å². The quantitative estimate of drug-likeness (QED) is 0.907. The monoisotopic (exact) mass is 259 g/mol. The topological polar surface area (TPSA) is 40.5 Å². The highest BCUT2D eigenvalue weighted by Crippen LogP contribution is 2.48. The Bertz CT molecular complexity index is 459. The van der Waals surface area contributed by atoms with Gasteiger partial charge in [-0.1, -0.05) is 30.3 Å². The lowest BCUT2D eigenvalue weighted by Crippen LogP contribution is -2.25. The molecular formula is C16H21NO2. The summed E-state index contributed by atoms with van der Waals surface area (Å²) in [7, 11) is 0. The van der Waals surface area contributed by atoms with Gasteiger partial charge in [0.1, 0.15) is 0 Å². The van der Waals surface area contributed by atoms with Crippen molar-refractivity contribution in [3.8, 4) is 0 Å². The fourth-order valence-corrected chi connectivity index (χ4v) is 3.79. The van der Waals surface area contributed by atoms with Gasteiger partial charge in [-0.25, -0.2) is 0 Å². The van der Waals surface area contributed by atoms with Crippen LogP contribution in [0.3, 0.4) is 0 Å². The van der Waals surface area contributed by atoms with Gasteiger partial charge in [-0.05, 0) is 43.2 Å². The van der Waals surface area contributed by atoms with E-state index in [9.17, 15) is 4.79 Å². The van der Waals surface area contributed by atoms with Gasteiger partial charge >= 0.3 is 5.97 Å². The maximum absolute atomic E-state index is 11.1. The molecule has 1 aliphatic heterocycles. The second-order valence-corrected chi connectivity index (χ2v) is 6.22. The summed E-state index contributed by atoms with van der Waals surface area (Å²) in [5, 5.41) is 9.14. The highest BCUT2D eigenvalue weighted by Gasteiger charge is 2.45. The molecule has 3 nitrogen and oxygen atoms in total. The summed E-state index contributed by atoms with van der Waals surface area (Å²) in [5.41, 5.74) is 1.64. The van der Waals surface area contributed by atoms with Crippen LogP contribution < -0.4 is 0 Å². The van der Waals surface area contributed by atoms with Gasteiger partial charge in [0.15, 0.2) is 0 Å². The molecule has 102 valence electrons. The number of carboxylic acid groups (broad SMARTS) is 1. The smallest absolute Gasteiger partial charge is 0.306 e. The van der Waals surface area contributed by atoms with Crippen molar-refractivity contribution < 1.29 is 9.90 Å². The molecule has 1 saturated carbocycles. The van der Waals surface area contributed by atoms with Crippen LogP contribution in [0.1, 0.15) is 31.2 Å². The van der Waals surface area contributed by atoms with Crippen LogP contribution >= 0.6 is 0 Å². The van der Waals surface area contributed by atoms with Crippen LogP contribution in [0.4, 0.5) is 0 Å². The SMILES string of the molecule is O=C(O)[C@H]1CC[C@@]2(CCN(Cc3ccccc3)C2)C1. The van der Waals surface area contributed by atoms with E-state index in [-0.39, 0.29) is 11.3 Å². The molecular weight excluding hydrogens is 238 g/mol. The first-order valence-electron chi connectivity index (χ1n) is 7.16. The lowest BCUT2D eigenvalue weighted by atomic mass is 9.84. The number of rotatable bonds is 3. The van der Waals surface area contributed by atoms with E-state index in [1.165, 1.54) is 12.0 Å². The highest BCUT2D eigenvalue weighted by atomic mass is 16.4. The van der Waals surface area contributed by atoms with Crippen molar-refractivity contribution in [2.24, 2.45) is 11.3 Å². The van der Waals surface area contributed by atoms with Crippen LogP contribution in [0.25, 0.3) is 0 Å². The van der Waals surface area contributed by atoms with Crippen molar-refractivity contribution in [3.63, 3.8) is 0 Å². The molecule has 1 aromatic carbocycles. The standard InChI is InChI=1S/C16H21NO2/c18-15(19)14-6-7-16(10-14)8-9-17(12-16)11-13-4-2-1-3-5-13/h1-5,14H,6-12H2,(H,18,19)/t14-,16+/m0/s1. The van der Waals surface area contributed by atoms with Gasteiger partial charge in [-0.2, -0.15) is 0 Å². The number of nitrogens with zero attached hydrogens (tertiary/aromatic N) is 1. The van der Waals surface area contributed by atoms with Gasteiger partial charge in [0.05, 0.1) is 5.92 Å². The Balaban J connectivity index is 1.60. The first-order valence-corrected chi connectivity index (χ1v) is 7.16. The van der Waals surface area contributed by atoms with Gasteiger partial charge in [-0.15, -0.1) is 0 Å². The molecule has 1 heterocycles. The molecule has 2 aliphatic rings. The normalized spacial score (nSPS) is 31.1. The van der Waals surface area contributed by atoms with Crippen molar-refractivity contribution >= 4 is 5.97 Å². The molecule has 3 rings (SSSR count). The highest BCUT2D eigenvalue weighted by molar-refractivity contribution is 5.70. The molecule has 1 spiro atoms. The van der Waals surface area contributed by atoms with Crippen molar-refractivity contribution in [1.82, 2.24) is 4.90 Å². The van der Waals surface area contributed by atoms with E-state index in [0.29, 0.717) is 0 Å². The Hall–Kier alpha value is -1.35. The summed E-state index contributed by atoms with van der Waals surface area (Å²) in [5.74, 6) is -0.699. The zero-order valence-electron chi connectivity index (χ0n) is 11.2. The van der Waals surface area contributed by atoms with E-state index in [4.69, 9.17) is 5.11 Å². The first-order chi connectivity index (χ1) is 9.17. The summed E-state index contributed by atoms with van der Waals surface area (Å²) < 4.78 is 0. The molecule has 3 heteroatoms. The lowest BCUT2D eigenvalue weighted by molar-refractivity contribution is -0.141. The maximum Gasteiger partial charge on any atom is 0.306 e. The van der Waals surface area contributed by atoms with Crippen LogP contribution in [0.2, 0.25) is 0 Å². The van der Waals surface area contributed by atoms with Gasteiger partial charge in [0.2, 0.25) is 0 Å². The molecule has 2 fully saturated rings. The van der Waals surface area contributed by atoms with Crippen LogP contribution in [0.15, 0.2) is 30.3 Å². The Morgan fingerprint density at radius 3 is 2.79 bits per heavy atom. The summed E-state index contributed by atoms with van der Waals surface area (Å²) >= 11 is 0. The zero-order valence-corrected chi connectivity index (χ0v) is 11.2. The number of benzene rings is 1. The molecule has 1 aliphatic carbocycles. The average Bonchev–Trinajstić information content (AvgIpc) is 2.99. The summed E-state index contributed by atoms with van der Waals surface area (Å²) in [6.45, 7) is 3.19. The van der Waals surface area contributed by atoms with E-state index < -0.39 is 5.97 Å². The third kappa shape index (κ3) is 2.66. The number of hydrogen-bond donors (Lipinski definition) is 1. The molecule has 2 atom stereocenters. The van der Waals surface area contributed by atoms with Gasteiger partial charge in [0, 0.05) is 13.1 Å². The van der Waals surface area contributed by atoms with Crippen molar-refractivity contribution in [3.05, 3.63) is 35.9 Å². The average molecular weight is 259 g/mol. The van der Waals surface area contributed by atoms with Gasteiger partial charge in [0.25, 0.3) is 0 Å². The fraction of sp³-hybridized carbons (Fsp3) is 0.562. The molecule has 1 N–H and O–H groups in total. The molecule has 0 bridgehead atoms. The van der Waals surface area contributed by atoms with E-state index in [2.05, 4.69) is 29.2 Å². The first kappa shape index (κ1) is 12.7. The van der Waals surface area contributed by atoms with Crippen molar-refractivity contribution in [2.75, 3.05) is 13.1 Å². The Morgan fingerprint density at radius 2 is 2.11 bits per heavy atom. The summed E-state index contributed by atoms with van der Waals surface area (Å²) in [4.78, 5) is 13.6. The predicted octanol–water partition coefficient (Wildman–Crippen LogP) is 2.76. The van der Waals surface area contributed by atoms with Gasteiger partial charge in [-0.3, -0.25) is 9.69 Å². The molecule has 1 aromatic rings. The van der Waals surface area contributed by atoms with Gasteiger partial charge < -0.3 is 5.11 Å². The number of likely N-dealkylation sites (tertiary alicyclic amines) is 1. The largest absolute Gasteiger partial charge is 0.481 e. The number of aliphatic carboxylic acids is 1. The van der Waals surface area contributed by atoms with Crippen molar-refractivity contribution in [1.29, 1.82) is 0 Å². The Labute approximate surface area is 114 Å². The minimum atomic E-state index is -0.599. The molecule has 0 amide bonds. The van der Waals surface area contributed by atoms with E-state index >= 15 is 0 Å². The van der Waals surface area contributed by atoms with Crippen LogP contribution in [0.5, 0.6) is 0 Å². The number of carboxylic acids is 1. The zero-order chi connectivity index (χ0) is 13.3. The lowest BCUT2D eigenvalue weighted by Gasteiger charge is -2.24. The molecule has 0 aromatic heterocycles. The molecule has 0 unspecified atom stereocenters.